The number of nitrogens with one attached hydrogen (secondary N) is 2. The quantitative estimate of drug-likeness (QED) is 0.500. The lowest BCUT2D eigenvalue weighted by Crippen LogP contribution is -2.37. The van der Waals surface area contributed by atoms with Crippen LogP contribution in [0.2, 0.25) is 0 Å². The number of sulfonamides is 1. The number of benzene rings is 1. The van der Waals surface area contributed by atoms with Crippen LogP contribution in [0.1, 0.15) is 31.4 Å². The zero-order chi connectivity index (χ0) is 25.6. The van der Waals surface area contributed by atoms with Gasteiger partial charge >= 0.3 is 0 Å². The fourth-order valence-corrected chi connectivity index (χ4v) is 5.80. The van der Waals surface area contributed by atoms with Crippen LogP contribution in [0.3, 0.4) is 0 Å². The van der Waals surface area contributed by atoms with Gasteiger partial charge in [-0.25, -0.2) is 18.4 Å². The summed E-state index contributed by atoms with van der Waals surface area (Å²) in [5, 5.41) is 8.89. The standard InChI is InChI=1S/C25H32N8O3S/c1-17-15-20(27-24(26-17)33-11-13-36-14-12-33)23-28-22(29-30-23)19-4-3-18(31-37(2,34)35)16-21(19)32-9-7-25(5-6-25)8-10-32/h3-4,15-16,31H,5-14H2,1-2H3,(H,28,29,30). The highest BCUT2D eigenvalue weighted by atomic mass is 32.2. The van der Waals surface area contributed by atoms with Crippen LogP contribution < -0.4 is 14.5 Å². The van der Waals surface area contributed by atoms with E-state index in [0.717, 1.165) is 62.2 Å². The molecule has 6 rings (SSSR count). The molecular weight excluding hydrogens is 492 g/mol. The number of anilines is 3. The maximum atomic E-state index is 11.9. The van der Waals surface area contributed by atoms with Crippen molar-refractivity contribution in [2.45, 2.75) is 32.6 Å². The van der Waals surface area contributed by atoms with Gasteiger partial charge in [-0.1, -0.05) is 0 Å². The van der Waals surface area contributed by atoms with Crippen molar-refractivity contribution < 1.29 is 13.2 Å². The maximum Gasteiger partial charge on any atom is 0.229 e. The second kappa shape index (κ2) is 9.25. The number of piperidine rings is 1. The SMILES string of the molecule is Cc1cc(-c2nnc(-c3ccc(NS(C)(=O)=O)cc3N3CCC4(CC3)CC4)[nH]2)nc(N2CCOCC2)n1. The Morgan fingerprint density at radius 3 is 2.38 bits per heavy atom. The Labute approximate surface area is 216 Å². The van der Waals surface area contributed by atoms with Crippen LogP contribution in [0, 0.1) is 12.3 Å². The molecule has 0 bridgehead atoms. The van der Waals surface area contributed by atoms with Gasteiger partial charge in [0.05, 0.1) is 25.2 Å². The number of H-pyrrole nitrogens is 1. The van der Waals surface area contributed by atoms with Crippen molar-refractivity contribution in [1.29, 1.82) is 0 Å². The van der Waals surface area contributed by atoms with Crippen LogP contribution in [0.5, 0.6) is 0 Å². The summed E-state index contributed by atoms with van der Waals surface area (Å²) in [7, 11) is -3.39. The second-order valence-corrected chi connectivity index (χ2v) is 12.2. The van der Waals surface area contributed by atoms with E-state index < -0.39 is 10.0 Å². The molecule has 2 aliphatic heterocycles. The van der Waals surface area contributed by atoms with Crippen LogP contribution in [0.4, 0.5) is 17.3 Å². The van der Waals surface area contributed by atoms with E-state index in [1.54, 1.807) is 6.07 Å². The van der Waals surface area contributed by atoms with Gasteiger partial charge in [-0.2, -0.15) is 0 Å². The minimum Gasteiger partial charge on any atom is -0.378 e. The Morgan fingerprint density at radius 1 is 0.946 bits per heavy atom. The molecule has 37 heavy (non-hydrogen) atoms. The van der Waals surface area contributed by atoms with Gasteiger partial charge in [-0.3, -0.25) is 4.72 Å². The molecule has 1 spiro atoms. The lowest BCUT2D eigenvalue weighted by atomic mass is 9.93. The molecule has 3 aromatic rings. The zero-order valence-electron chi connectivity index (χ0n) is 21.2. The molecular formula is C25H32N8O3S. The summed E-state index contributed by atoms with van der Waals surface area (Å²) >= 11 is 0. The minimum absolute atomic E-state index is 0.530. The zero-order valence-corrected chi connectivity index (χ0v) is 22.0. The molecule has 3 fully saturated rings. The monoisotopic (exact) mass is 524 g/mol. The molecule has 0 atom stereocenters. The second-order valence-electron chi connectivity index (χ2n) is 10.4. The summed E-state index contributed by atoms with van der Waals surface area (Å²) in [5.41, 5.74) is 4.42. The van der Waals surface area contributed by atoms with E-state index >= 15 is 0 Å². The van der Waals surface area contributed by atoms with Gasteiger partial charge in [-0.05, 0) is 62.3 Å². The van der Waals surface area contributed by atoms with Gasteiger partial charge in [0.25, 0.3) is 0 Å². The molecule has 3 aliphatic rings. The smallest absolute Gasteiger partial charge is 0.229 e. The summed E-state index contributed by atoms with van der Waals surface area (Å²) < 4.78 is 31.9. The molecule has 196 valence electrons. The van der Waals surface area contributed by atoms with Crippen molar-refractivity contribution in [3.05, 3.63) is 30.0 Å². The average Bonchev–Trinajstić information content (AvgIpc) is 3.44. The van der Waals surface area contributed by atoms with Gasteiger partial charge in [0.15, 0.2) is 11.6 Å². The first-order valence-corrected chi connectivity index (χ1v) is 14.6. The van der Waals surface area contributed by atoms with Gasteiger partial charge in [0, 0.05) is 43.1 Å². The number of nitrogens with zero attached hydrogens (tertiary/aromatic N) is 6. The van der Waals surface area contributed by atoms with Crippen molar-refractivity contribution >= 4 is 27.3 Å². The van der Waals surface area contributed by atoms with E-state index in [1.807, 2.05) is 25.1 Å². The third kappa shape index (κ3) is 5.26. The van der Waals surface area contributed by atoms with Crippen LogP contribution in [-0.2, 0) is 14.8 Å². The van der Waals surface area contributed by atoms with E-state index in [1.165, 1.54) is 12.8 Å². The molecule has 11 nitrogen and oxygen atoms in total. The van der Waals surface area contributed by atoms with Crippen molar-refractivity contribution in [3.8, 4) is 22.9 Å². The molecule has 1 aromatic carbocycles. The molecule has 2 aromatic heterocycles. The van der Waals surface area contributed by atoms with Gasteiger partial charge in [0.2, 0.25) is 16.0 Å². The van der Waals surface area contributed by atoms with E-state index in [9.17, 15) is 8.42 Å². The van der Waals surface area contributed by atoms with Gasteiger partial charge in [-0.15, -0.1) is 10.2 Å². The summed E-state index contributed by atoms with van der Waals surface area (Å²) in [6.45, 7) is 6.63. The number of aryl methyl sites for hydroxylation is 1. The molecule has 1 saturated carbocycles. The van der Waals surface area contributed by atoms with E-state index in [-0.39, 0.29) is 0 Å². The topological polar surface area (TPSA) is 129 Å². The number of morpholine rings is 1. The van der Waals surface area contributed by atoms with Crippen LogP contribution in [0.15, 0.2) is 24.3 Å². The summed E-state index contributed by atoms with van der Waals surface area (Å²) in [6, 6.07) is 7.46. The van der Waals surface area contributed by atoms with Crippen molar-refractivity contribution in [2.24, 2.45) is 5.41 Å². The molecule has 0 amide bonds. The number of aromatic amines is 1. The van der Waals surface area contributed by atoms with Crippen molar-refractivity contribution in [3.63, 3.8) is 0 Å². The predicted molar refractivity (Wildman–Crippen MR) is 142 cm³/mol. The number of aromatic nitrogens is 5. The van der Waals surface area contributed by atoms with Crippen LogP contribution in [-0.4, -0.2) is 79.2 Å². The largest absolute Gasteiger partial charge is 0.378 e. The first kappa shape index (κ1) is 24.1. The summed E-state index contributed by atoms with van der Waals surface area (Å²) in [4.78, 5) is 17.2. The number of rotatable bonds is 6. The first-order valence-electron chi connectivity index (χ1n) is 12.8. The van der Waals surface area contributed by atoms with Gasteiger partial charge < -0.3 is 19.5 Å². The lowest BCUT2D eigenvalue weighted by Gasteiger charge is -2.35. The van der Waals surface area contributed by atoms with Crippen LogP contribution in [0.25, 0.3) is 22.9 Å². The average molecular weight is 525 g/mol. The maximum absolute atomic E-state index is 11.9. The molecule has 1 aliphatic carbocycles. The van der Waals surface area contributed by atoms with Crippen molar-refractivity contribution in [1.82, 2.24) is 25.1 Å². The Bertz CT molecular complexity index is 1400. The predicted octanol–water partition coefficient (Wildman–Crippen LogP) is 2.83. The Balaban J connectivity index is 1.33. The van der Waals surface area contributed by atoms with E-state index in [2.05, 4.69) is 34.7 Å². The van der Waals surface area contributed by atoms with Gasteiger partial charge in [0.1, 0.15) is 5.69 Å². The van der Waals surface area contributed by atoms with E-state index in [0.29, 0.717) is 47.6 Å². The Hall–Kier alpha value is -3.25. The molecule has 12 heteroatoms. The molecule has 4 heterocycles. The third-order valence-corrected chi connectivity index (χ3v) is 8.15. The molecule has 2 saturated heterocycles. The highest BCUT2D eigenvalue weighted by Gasteiger charge is 2.44. The van der Waals surface area contributed by atoms with E-state index in [4.69, 9.17) is 9.72 Å². The van der Waals surface area contributed by atoms with Crippen LogP contribution >= 0.6 is 0 Å². The third-order valence-electron chi connectivity index (χ3n) is 7.54. The Morgan fingerprint density at radius 2 is 1.68 bits per heavy atom. The normalized spacial score (nSPS) is 19.3. The fraction of sp³-hybridized carbons (Fsp3) is 0.520. The number of hydrogen-bond acceptors (Lipinski definition) is 9. The number of ether oxygens (including phenoxy) is 1. The van der Waals surface area contributed by atoms with Crippen molar-refractivity contribution in [2.75, 3.05) is 60.2 Å². The first-order chi connectivity index (χ1) is 17.8. The fourth-order valence-electron chi connectivity index (χ4n) is 5.25. The highest BCUT2D eigenvalue weighted by molar-refractivity contribution is 7.92. The molecule has 0 unspecified atom stereocenters. The highest BCUT2D eigenvalue weighted by Crippen LogP contribution is 2.54. The molecule has 2 N–H and O–H groups in total. The Kier molecular flexibility index (Phi) is 6.03. The minimum atomic E-state index is -3.39. The lowest BCUT2D eigenvalue weighted by molar-refractivity contribution is 0.122. The number of hydrogen-bond donors (Lipinski definition) is 2. The summed E-state index contributed by atoms with van der Waals surface area (Å²) in [6.07, 6.45) is 6.11. The molecule has 0 radical (unpaired) electrons. The summed E-state index contributed by atoms with van der Waals surface area (Å²) in [5.74, 6) is 1.84.